The number of amides is 2. The number of hydrogen-bond donors (Lipinski definition) is 2. The zero-order valence-electron chi connectivity index (χ0n) is 13.8. The number of carbonyl (C=O) groups is 2. The van der Waals surface area contributed by atoms with Crippen molar-refractivity contribution in [1.29, 1.82) is 0 Å². The third kappa shape index (κ3) is 4.50. The van der Waals surface area contributed by atoms with E-state index in [-0.39, 0.29) is 12.0 Å². The fourth-order valence-corrected chi connectivity index (χ4v) is 2.59. The summed E-state index contributed by atoms with van der Waals surface area (Å²) in [6.45, 7) is 4.52. The van der Waals surface area contributed by atoms with Crippen LogP contribution < -0.4 is 10.6 Å². The number of rotatable bonds is 6. The van der Waals surface area contributed by atoms with Crippen molar-refractivity contribution in [3.8, 4) is 0 Å². The molecule has 2 amide bonds. The average molecular weight is 340 g/mol. The molecule has 1 aromatic carbocycles. The van der Waals surface area contributed by atoms with E-state index in [9.17, 15) is 18.4 Å². The normalized spacial score (nSPS) is 18.5. The zero-order chi connectivity index (χ0) is 17.7. The Kier molecular flexibility index (Phi) is 6.25. The molecule has 0 aromatic heterocycles. The van der Waals surface area contributed by atoms with Crippen molar-refractivity contribution in [2.45, 2.75) is 38.8 Å². The van der Waals surface area contributed by atoms with Crippen LogP contribution in [0.1, 0.15) is 37.0 Å². The maximum atomic E-state index is 13.7. The zero-order valence-corrected chi connectivity index (χ0v) is 13.8. The highest BCUT2D eigenvalue weighted by Gasteiger charge is 2.28. The topological polar surface area (TPSA) is 67.4 Å². The first kappa shape index (κ1) is 18.3. The van der Waals surface area contributed by atoms with Crippen molar-refractivity contribution in [3.05, 3.63) is 35.4 Å². The van der Waals surface area contributed by atoms with E-state index in [4.69, 9.17) is 4.74 Å². The largest absolute Gasteiger partial charge is 0.376 e. The van der Waals surface area contributed by atoms with Gasteiger partial charge in [0.2, 0.25) is 5.91 Å². The van der Waals surface area contributed by atoms with Gasteiger partial charge in [0, 0.05) is 13.2 Å². The molecule has 0 saturated carbocycles. The van der Waals surface area contributed by atoms with Crippen LogP contribution >= 0.6 is 0 Å². The summed E-state index contributed by atoms with van der Waals surface area (Å²) in [4.78, 5) is 24.5. The van der Waals surface area contributed by atoms with E-state index in [1.165, 1.54) is 6.07 Å². The minimum atomic E-state index is -0.963. The van der Waals surface area contributed by atoms with Crippen LogP contribution in [0.4, 0.5) is 8.78 Å². The van der Waals surface area contributed by atoms with Gasteiger partial charge in [0.25, 0.3) is 5.91 Å². The minimum absolute atomic E-state index is 0.0264. The molecule has 2 rings (SSSR count). The monoisotopic (exact) mass is 340 g/mol. The van der Waals surface area contributed by atoms with Gasteiger partial charge in [-0.2, -0.15) is 0 Å². The summed E-state index contributed by atoms with van der Waals surface area (Å²) in [5, 5.41) is 5.14. The molecule has 5 nitrogen and oxygen atoms in total. The fourth-order valence-electron chi connectivity index (χ4n) is 2.59. The number of ether oxygens (including phenoxy) is 1. The van der Waals surface area contributed by atoms with E-state index in [1.807, 2.05) is 0 Å². The lowest BCUT2D eigenvalue weighted by Crippen LogP contribution is -2.51. The molecule has 0 unspecified atom stereocenters. The van der Waals surface area contributed by atoms with Crippen LogP contribution in [0.5, 0.6) is 0 Å². The number of carbonyl (C=O) groups excluding carboxylic acids is 2. The molecule has 1 saturated heterocycles. The first-order valence-electron chi connectivity index (χ1n) is 8.04. The van der Waals surface area contributed by atoms with E-state index in [0.29, 0.717) is 13.2 Å². The Morgan fingerprint density at radius 3 is 2.50 bits per heavy atom. The Labute approximate surface area is 139 Å². The van der Waals surface area contributed by atoms with Gasteiger partial charge in [0.15, 0.2) is 0 Å². The summed E-state index contributed by atoms with van der Waals surface area (Å²) in [6, 6.07) is 2.29. The molecule has 2 atom stereocenters. The average Bonchev–Trinajstić information content (AvgIpc) is 3.03. The Bertz CT molecular complexity index is 581. The van der Waals surface area contributed by atoms with Gasteiger partial charge in [-0.25, -0.2) is 8.78 Å². The molecule has 1 heterocycles. The molecule has 0 radical (unpaired) electrons. The van der Waals surface area contributed by atoms with Crippen molar-refractivity contribution in [1.82, 2.24) is 10.6 Å². The molecule has 1 aliphatic heterocycles. The molecular formula is C17H22F2N2O3. The molecule has 132 valence electrons. The van der Waals surface area contributed by atoms with Gasteiger partial charge in [-0.3, -0.25) is 9.59 Å². The molecular weight excluding hydrogens is 318 g/mol. The highest BCUT2D eigenvalue weighted by atomic mass is 19.1. The lowest BCUT2D eigenvalue weighted by Gasteiger charge is -2.22. The second-order valence-corrected chi connectivity index (χ2v) is 6.17. The van der Waals surface area contributed by atoms with Gasteiger partial charge < -0.3 is 15.4 Å². The first-order chi connectivity index (χ1) is 11.4. The third-order valence-electron chi connectivity index (χ3n) is 3.95. The summed E-state index contributed by atoms with van der Waals surface area (Å²) in [7, 11) is 0. The van der Waals surface area contributed by atoms with Crippen LogP contribution in [0, 0.1) is 17.6 Å². The maximum absolute atomic E-state index is 13.7. The van der Waals surface area contributed by atoms with Crippen LogP contribution in [-0.4, -0.2) is 37.1 Å². The second-order valence-electron chi connectivity index (χ2n) is 6.17. The lowest BCUT2D eigenvalue weighted by molar-refractivity contribution is -0.124. The molecule has 2 N–H and O–H groups in total. The fraction of sp³-hybridized carbons (Fsp3) is 0.529. The van der Waals surface area contributed by atoms with Crippen LogP contribution in [0.15, 0.2) is 18.2 Å². The minimum Gasteiger partial charge on any atom is -0.376 e. The number of hydrogen-bond acceptors (Lipinski definition) is 3. The number of benzene rings is 1. The summed E-state index contributed by atoms with van der Waals surface area (Å²) >= 11 is 0. The molecule has 1 fully saturated rings. The molecule has 0 aliphatic carbocycles. The predicted octanol–water partition coefficient (Wildman–Crippen LogP) is 2.01. The van der Waals surface area contributed by atoms with Gasteiger partial charge in [-0.15, -0.1) is 0 Å². The Morgan fingerprint density at radius 1 is 1.29 bits per heavy atom. The van der Waals surface area contributed by atoms with Gasteiger partial charge >= 0.3 is 0 Å². The smallest absolute Gasteiger partial charge is 0.257 e. The molecule has 1 aliphatic rings. The standard InChI is InChI=1S/C17H22F2N2O3/c1-10(2)15(17(23)20-9-11-5-4-8-24-11)21-16(22)14-12(18)6-3-7-13(14)19/h3,6-7,10-11,15H,4-5,8-9H2,1-2H3,(H,20,23)(H,21,22)/t11-,15-/m1/s1. The first-order valence-corrected chi connectivity index (χ1v) is 8.04. The summed E-state index contributed by atoms with van der Waals surface area (Å²) in [6.07, 6.45) is 1.80. The van der Waals surface area contributed by atoms with Crippen molar-refractivity contribution >= 4 is 11.8 Å². The molecule has 0 bridgehead atoms. The number of nitrogens with one attached hydrogen (secondary N) is 2. The van der Waals surface area contributed by atoms with E-state index < -0.39 is 35.1 Å². The molecule has 7 heteroatoms. The summed E-state index contributed by atoms with van der Waals surface area (Å²) in [5.74, 6) is -3.51. The van der Waals surface area contributed by atoms with Crippen LogP contribution in [0.2, 0.25) is 0 Å². The van der Waals surface area contributed by atoms with Crippen LogP contribution in [0.3, 0.4) is 0 Å². The summed E-state index contributed by atoms with van der Waals surface area (Å²) < 4.78 is 32.8. The van der Waals surface area contributed by atoms with Gasteiger partial charge in [-0.05, 0) is 30.9 Å². The van der Waals surface area contributed by atoms with Crippen molar-refractivity contribution in [2.75, 3.05) is 13.2 Å². The van der Waals surface area contributed by atoms with E-state index in [0.717, 1.165) is 25.0 Å². The van der Waals surface area contributed by atoms with E-state index >= 15 is 0 Å². The van der Waals surface area contributed by atoms with Gasteiger partial charge in [0.1, 0.15) is 23.2 Å². The lowest BCUT2D eigenvalue weighted by atomic mass is 10.0. The maximum Gasteiger partial charge on any atom is 0.257 e. The predicted molar refractivity (Wildman–Crippen MR) is 84.4 cm³/mol. The number of halogens is 2. The highest BCUT2D eigenvalue weighted by Crippen LogP contribution is 2.14. The Hall–Kier alpha value is -2.02. The second kappa shape index (κ2) is 8.19. The van der Waals surface area contributed by atoms with Gasteiger partial charge in [0.05, 0.1) is 6.10 Å². The summed E-state index contributed by atoms with van der Waals surface area (Å²) in [5.41, 5.74) is -0.685. The Balaban J connectivity index is 2.01. The highest BCUT2D eigenvalue weighted by molar-refractivity contribution is 5.98. The van der Waals surface area contributed by atoms with Crippen LogP contribution in [-0.2, 0) is 9.53 Å². The van der Waals surface area contributed by atoms with E-state index in [1.54, 1.807) is 13.8 Å². The van der Waals surface area contributed by atoms with Crippen molar-refractivity contribution < 1.29 is 23.1 Å². The quantitative estimate of drug-likeness (QED) is 0.832. The van der Waals surface area contributed by atoms with Gasteiger partial charge in [-0.1, -0.05) is 19.9 Å². The molecule has 0 spiro atoms. The Morgan fingerprint density at radius 2 is 1.96 bits per heavy atom. The van der Waals surface area contributed by atoms with Crippen LogP contribution in [0.25, 0.3) is 0 Å². The van der Waals surface area contributed by atoms with E-state index in [2.05, 4.69) is 10.6 Å². The van der Waals surface area contributed by atoms with Crippen molar-refractivity contribution in [2.24, 2.45) is 5.92 Å². The molecule has 24 heavy (non-hydrogen) atoms. The third-order valence-corrected chi connectivity index (χ3v) is 3.95. The SMILES string of the molecule is CC(C)[C@@H](NC(=O)c1c(F)cccc1F)C(=O)NC[C@H]1CCCO1. The van der Waals surface area contributed by atoms with Crippen molar-refractivity contribution in [3.63, 3.8) is 0 Å². The molecule has 1 aromatic rings.